The molecule has 0 bridgehead atoms. The molecular formula is C13H13F5O2. The lowest BCUT2D eigenvalue weighted by Gasteiger charge is -2.32. The molecule has 1 aliphatic rings. The first kappa shape index (κ1) is 15.0. The summed E-state index contributed by atoms with van der Waals surface area (Å²) >= 11 is 0. The van der Waals surface area contributed by atoms with Crippen LogP contribution in [0.25, 0.3) is 0 Å². The zero-order valence-corrected chi connectivity index (χ0v) is 10.8. The van der Waals surface area contributed by atoms with Gasteiger partial charge in [0.25, 0.3) is 0 Å². The van der Waals surface area contributed by atoms with Crippen LogP contribution in [-0.4, -0.2) is 23.5 Å². The van der Waals surface area contributed by atoms with Crippen molar-refractivity contribution >= 4 is 0 Å². The third-order valence-electron chi connectivity index (χ3n) is 4.10. The van der Waals surface area contributed by atoms with Gasteiger partial charge in [0.2, 0.25) is 5.82 Å². The molecule has 7 heteroatoms. The first-order valence-electron chi connectivity index (χ1n) is 5.97. The molecule has 1 fully saturated rings. The molecule has 0 aliphatic carbocycles. The summed E-state index contributed by atoms with van der Waals surface area (Å²) in [6.07, 6.45) is -4.59. The molecule has 1 N–H and O–H groups in total. The quantitative estimate of drug-likeness (QED) is 0.800. The summed E-state index contributed by atoms with van der Waals surface area (Å²) in [6.45, 7) is 1.90. The van der Waals surface area contributed by atoms with E-state index < -0.39 is 41.0 Å². The van der Waals surface area contributed by atoms with Crippen LogP contribution >= 0.6 is 0 Å². The maximum Gasteiger partial charge on any atom is 0.417 e. The van der Waals surface area contributed by atoms with Crippen LogP contribution < -0.4 is 0 Å². The topological polar surface area (TPSA) is 29.5 Å². The van der Waals surface area contributed by atoms with Gasteiger partial charge < -0.3 is 9.84 Å². The van der Waals surface area contributed by atoms with Gasteiger partial charge in [-0.05, 0) is 13.0 Å². The average Bonchev–Trinajstić information content (AvgIpc) is 2.65. The molecular weight excluding hydrogens is 283 g/mol. The standard InChI is InChI=1S/C13H13F5O2/c1-6-8(5-20-12(6,2)13(16,17)18)7-3-4-9(14)10(15)11(7)19/h3-4,6,8,19H,5H2,1-2H3/t6-,8+,12+/m1/s1. The number of hydrogen-bond donors (Lipinski definition) is 1. The number of halogens is 5. The first-order valence-corrected chi connectivity index (χ1v) is 5.97. The van der Waals surface area contributed by atoms with Crippen molar-refractivity contribution in [2.24, 2.45) is 5.92 Å². The Balaban J connectivity index is 2.40. The summed E-state index contributed by atoms with van der Waals surface area (Å²) in [6, 6.07) is 1.86. The Labute approximate surface area is 112 Å². The predicted octanol–water partition coefficient (Wildman–Crippen LogP) is 3.74. The second-order valence-electron chi connectivity index (χ2n) is 5.11. The lowest BCUT2D eigenvalue weighted by atomic mass is 9.79. The molecule has 1 saturated heterocycles. The summed E-state index contributed by atoms with van der Waals surface area (Å²) < 4.78 is 70.1. The smallest absolute Gasteiger partial charge is 0.417 e. The molecule has 20 heavy (non-hydrogen) atoms. The largest absolute Gasteiger partial charge is 0.505 e. The normalized spacial score (nSPS) is 30.8. The summed E-state index contributed by atoms with van der Waals surface area (Å²) in [5.74, 6) is -5.58. The lowest BCUT2D eigenvalue weighted by molar-refractivity contribution is -0.266. The van der Waals surface area contributed by atoms with Crippen molar-refractivity contribution in [2.45, 2.75) is 31.5 Å². The van der Waals surface area contributed by atoms with E-state index in [0.717, 1.165) is 19.1 Å². The van der Waals surface area contributed by atoms with Gasteiger partial charge in [-0.3, -0.25) is 0 Å². The fourth-order valence-corrected chi connectivity index (χ4v) is 2.48. The molecule has 0 spiro atoms. The van der Waals surface area contributed by atoms with Gasteiger partial charge in [0.15, 0.2) is 17.2 Å². The molecule has 1 heterocycles. The van der Waals surface area contributed by atoms with E-state index in [2.05, 4.69) is 0 Å². The Kier molecular flexibility index (Phi) is 3.44. The Morgan fingerprint density at radius 2 is 1.90 bits per heavy atom. The molecule has 0 radical (unpaired) electrons. The summed E-state index contributed by atoms with van der Waals surface area (Å²) in [5, 5.41) is 9.58. The van der Waals surface area contributed by atoms with Crippen molar-refractivity contribution in [2.75, 3.05) is 6.61 Å². The van der Waals surface area contributed by atoms with Crippen molar-refractivity contribution in [3.05, 3.63) is 29.3 Å². The molecule has 0 saturated carbocycles. The van der Waals surface area contributed by atoms with Crippen molar-refractivity contribution in [1.82, 2.24) is 0 Å². The van der Waals surface area contributed by atoms with Crippen molar-refractivity contribution < 1.29 is 31.8 Å². The zero-order chi connectivity index (χ0) is 15.3. The SMILES string of the molecule is C[C@@H]1[C@@H](c2ccc(F)c(F)c2O)CO[C@]1(C)C(F)(F)F. The van der Waals surface area contributed by atoms with Crippen LogP contribution in [0.1, 0.15) is 25.3 Å². The Morgan fingerprint density at radius 3 is 2.40 bits per heavy atom. The minimum absolute atomic E-state index is 0.0793. The highest BCUT2D eigenvalue weighted by molar-refractivity contribution is 5.38. The van der Waals surface area contributed by atoms with E-state index in [4.69, 9.17) is 4.74 Å². The lowest BCUT2D eigenvalue weighted by Crippen LogP contribution is -2.46. The molecule has 112 valence electrons. The van der Waals surface area contributed by atoms with E-state index in [0.29, 0.717) is 0 Å². The first-order chi connectivity index (χ1) is 9.09. The number of benzene rings is 1. The summed E-state index contributed by atoms with van der Waals surface area (Å²) in [5.41, 5.74) is -2.46. The van der Waals surface area contributed by atoms with Gasteiger partial charge in [-0.25, -0.2) is 4.39 Å². The second-order valence-corrected chi connectivity index (χ2v) is 5.11. The van der Waals surface area contributed by atoms with Crippen molar-refractivity contribution in [3.8, 4) is 5.75 Å². The molecule has 2 nitrogen and oxygen atoms in total. The number of aromatic hydroxyl groups is 1. The van der Waals surface area contributed by atoms with Crippen LogP contribution in [0.5, 0.6) is 5.75 Å². The molecule has 3 atom stereocenters. The number of alkyl halides is 3. The summed E-state index contributed by atoms with van der Waals surface area (Å²) in [4.78, 5) is 0. The van der Waals surface area contributed by atoms with Gasteiger partial charge >= 0.3 is 6.18 Å². The monoisotopic (exact) mass is 296 g/mol. The van der Waals surface area contributed by atoms with Crippen LogP contribution in [0.3, 0.4) is 0 Å². The highest BCUT2D eigenvalue weighted by Crippen LogP contribution is 2.51. The molecule has 1 aliphatic heterocycles. The van der Waals surface area contributed by atoms with E-state index in [1.807, 2.05) is 0 Å². The highest BCUT2D eigenvalue weighted by Gasteiger charge is 2.61. The number of ether oxygens (including phenoxy) is 1. The zero-order valence-electron chi connectivity index (χ0n) is 10.8. The highest BCUT2D eigenvalue weighted by atomic mass is 19.4. The Bertz CT molecular complexity index is 528. The van der Waals surface area contributed by atoms with E-state index in [-0.39, 0.29) is 12.2 Å². The molecule has 0 amide bonds. The van der Waals surface area contributed by atoms with Gasteiger partial charge in [-0.15, -0.1) is 0 Å². The predicted molar refractivity (Wildman–Crippen MR) is 60.3 cm³/mol. The maximum atomic E-state index is 13.3. The van der Waals surface area contributed by atoms with Crippen LogP contribution in [0.4, 0.5) is 22.0 Å². The number of phenols is 1. The fourth-order valence-electron chi connectivity index (χ4n) is 2.48. The fraction of sp³-hybridized carbons (Fsp3) is 0.538. The maximum absolute atomic E-state index is 13.3. The second kappa shape index (κ2) is 4.58. The molecule has 1 aromatic rings. The Morgan fingerprint density at radius 1 is 1.30 bits per heavy atom. The van der Waals surface area contributed by atoms with Crippen molar-refractivity contribution in [1.29, 1.82) is 0 Å². The van der Waals surface area contributed by atoms with E-state index >= 15 is 0 Å². The van der Waals surface area contributed by atoms with E-state index in [1.54, 1.807) is 0 Å². The van der Waals surface area contributed by atoms with Gasteiger partial charge in [-0.2, -0.15) is 17.6 Å². The van der Waals surface area contributed by atoms with Crippen LogP contribution in [0, 0.1) is 17.6 Å². The number of phenolic OH excluding ortho intramolecular Hbond substituents is 1. The average molecular weight is 296 g/mol. The van der Waals surface area contributed by atoms with Crippen LogP contribution in [-0.2, 0) is 4.74 Å². The van der Waals surface area contributed by atoms with Gasteiger partial charge in [0.1, 0.15) is 0 Å². The molecule has 0 aromatic heterocycles. The third kappa shape index (κ3) is 2.04. The van der Waals surface area contributed by atoms with Gasteiger partial charge in [0.05, 0.1) is 6.61 Å². The minimum Gasteiger partial charge on any atom is -0.505 e. The molecule has 2 rings (SSSR count). The van der Waals surface area contributed by atoms with Crippen LogP contribution in [0.2, 0.25) is 0 Å². The van der Waals surface area contributed by atoms with E-state index in [1.165, 1.54) is 6.92 Å². The molecule has 0 unspecified atom stereocenters. The minimum atomic E-state index is -4.59. The van der Waals surface area contributed by atoms with E-state index in [9.17, 15) is 27.1 Å². The van der Waals surface area contributed by atoms with Crippen molar-refractivity contribution in [3.63, 3.8) is 0 Å². The van der Waals surface area contributed by atoms with Gasteiger partial charge in [-0.1, -0.05) is 13.0 Å². The number of hydrogen-bond acceptors (Lipinski definition) is 2. The third-order valence-corrected chi connectivity index (χ3v) is 4.10. The number of rotatable bonds is 1. The Hall–Kier alpha value is -1.37. The van der Waals surface area contributed by atoms with Crippen LogP contribution in [0.15, 0.2) is 12.1 Å². The summed E-state index contributed by atoms with van der Waals surface area (Å²) in [7, 11) is 0. The van der Waals surface area contributed by atoms with Gasteiger partial charge in [0, 0.05) is 17.4 Å². The molecule has 1 aromatic carbocycles.